The van der Waals surface area contributed by atoms with Crippen molar-refractivity contribution in [1.82, 2.24) is 14.5 Å². The van der Waals surface area contributed by atoms with Crippen LogP contribution in [0.2, 0.25) is 0 Å². The second-order valence-electron chi connectivity index (χ2n) is 8.13. The Kier molecular flexibility index (Phi) is 7.12. The molecular weight excluding hydrogens is 374 g/mol. The van der Waals surface area contributed by atoms with E-state index in [2.05, 4.69) is 10.2 Å². The first-order valence-electron chi connectivity index (χ1n) is 10.5. The Labute approximate surface area is 169 Å². The molecule has 1 heterocycles. The molecule has 1 aromatic rings. The molecule has 0 bridgehead atoms. The molecule has 28 heavy (non-hydrogen) atoms. The molecule has 1 saturated heterocycles. The summed E-state index contributed by atoms with van der Waals surface area (Å²) in [5.41, 5.74) is 1.04. The first kappa shape index (κ1) is 21.3. The third-order valence-electron chi connectivity index (χ3n) is 6.06. The Morgan fingerprint density at radius 3 is 2.14 bits per heavy atom. The van der Waals surface area contributed by atoms with Crippen LogP contribution < -0.4 is 5.32 Å². The Balaban J connectivity index is 1.53. The summed E-state index contributed by atoms with van der Waals surface area (Å²) < 4.78 is 27.2. The van der Waals surface area contributed by atoms with Gasteiger partial charge >= 0.3 is 0 Å². The maximum Gasteiger partial charge on any atom is 0.243 e. The summed E-state index contributed by atoms with van der Waals surface area (Å²) in [6.45, 7) is 5.84. The minimum Gasteiger partial charge on any atom is -0.352 e. The third kappa shape index (κ3) is 5.13. The molecule has 0 unspecified atom stereocenters. The van der Waals surface area contributed by atoms with Gasteiger partial charge in [-0.2, -0.15) is 4.31 Å². The fraction of sp³-hybridized carbons (Fsp3) is 0.667. The van der Waals surface area contributed by atoms with Crippen molar-refractivity contribution in [3.05, 3.63) is 29.8 Å². The van der Waals surface area contributed by atoms with Gasteiger partial charge in [-0.15, -0.1) is 0 Å². The summed E-state index contributed by atoms with van der Waals surface area (Å²) in [6.07, 6.45) is 7.05. The van der Waals surface area contributed by atoms with Crippen molar-refractivity contribution >= 4 is 15.9 Å². The number of rotatable bonds is 5. The number of hydrogen-bond donors (Lipinski definition) is 1. The summed E-state index contributed by atoms with van der Waals surface area (Å²) in [7, 11) is -3.47. The standard InChI is InChI=1S/C21H33N3O3S/c1-17-9-11-20(12-10-17)28(26,27)24-15-13-23(14-16-24)18(2)21(25)22-19-7-5-3-4-6-8-19/h9-12,18-19H,3-8,13-16H2,1-2H3,(H,22,25)/t18-/m1/s1. The van der Waals surface area contributed by atoms with Crippen LogP contribution in [-0.4, -0.2) is 61.8 Å². The van der Waals surface area contributed by atoms with E-state index >= 15 is 0 Å². The van der Waals surface area contributed by atoms with Gasteiger partial charge in [-0.25, -0.2) is 8.42 Å². The van der Waals surface area contributed by atoms with E-state index < -0.39 is 10.0 Å². The Hall–Kier alpha value is -1.44. The molecule has 3 rings (SSSR count). The summed E-state index contributed by atoms with van der Waals surface area (Å²) >= 11 is 0. The number of sulfonamides is 1. The highest BCUT2D eigenvalue weighted by atomic mass is 32.2. The van der Waals surface area contributed by atoms with Crippen molar-refractivity contribution in [2.75, 3.05) is 26.2 Å². The minimum atomic E-state index is -3.47. The van der Waals surface area contributed by atoms with Crippen LogP contribution in [0.15, 0.2) is 29.2 Å². The third-order valence-corrected chi connectivity index (χ3v) is 7.97. The van der Waals surface area contributed by atoms with E-state index in [0.29, 0.717) is 37.1 Å². The van der Waals surface area contributed by atoms with Gasteiger partial charge < -0.3 is 5.32 Å². The second-order valence-corrected chi connectivity index (χ2v) is 10.1. The molecule has 1 N–H and O–H groups in total. The molecule has 6 nitrogen and oxygen atoms in total. The number of benzene rings is 1. The van der Waals surface area contributed by atoms with Crippen molar-refractivity contribution in [1.29, 1.82) is 0 Å². The van der Waals surface area contributed by atoms with Crippen molar-refractivity contribution in [2.24, 2.45) is 0 Å². The van der Waals surface area contributed by atoms with Gasteiger partial charge in [0.05, 0.1) is 10.9 Å². The lowest BCUT2D eigenvalue weighted by Gasteiger charge is -2.37. The van der Waals surface area contributed by atoms with Crippen molar-refractivity contribution in [3.63, 3.8) is 0 Å². The molecule has 1 atom stereocenters. The molecule has 1 aliphatic heterocycles. The van der Waals surface area contributed by atoms with Gasteiger partial charge in [0.15, 0.2) is 0 Å². The fourth-order valence-electron chi connectivity index (χ4n) is 4.10. The van der Waals surface area contributed by atoms with Crippen molar-refractivity contribution in [2.45, 2.75) is 69.4 Å². The van der Waals surface area contributed by atoms with Crippen LogP contribution in [0.1, 0.15) is 51.0 Å². The van der Waals surface area contributed by atoms with E-state index in [4.69, 9.17) is 0 Å². The zero-order valence-electron chi connectivity index (χ0n) is 17.1. The average molecular weight is 408 g/mol. The number of hydrogen-bond acceptors (Lipinski definition) is 4. The number of amides is 1. The van der Waals surface area contributed by atoms with Crippen LogP contribution in [0.5, 0.6) is 0 Å². The molecule has 156 valence electrons. The first-order chi connectivity index (χ1) is 13.4. The molecule has 1 aliphatic carbocycles. The molecule has 0 radical (unpaired) electrons. The predicted molar refractivity (Wildman–Crippen MR) is 111 cm³/mol. The van der Waals surface area contributed by atoms with Gasteiger partial charge in [0, 0.05) is 32.2 Å². The minimum absolute atomic E-state index is 0.0711. The van der Waals surface area contributed by atoms with Gasteiger partial charge in [0.25, 0.3) is 0 Å². The zero-order valence-corrected chi connectivity index (χ0v) is 17.9. The summed E-state index contributed by atoms with van der Waals surface area (Å²) in [5, 5.41) is 3.22. The summed E-state index contributed by atoms with van der Waals surface area (Å²) in [4.78, 5) is 15.1. The van der Waals surface area contributed by atoms with Crippen LogP contribution in [0.3, 0.4) is 0 Å². The van der Waals surface area contributed by atoms with Crippen LogP contribution >= 0.6 is 0 Å². The van der Waals surface area contributed by atoms with Crippen LogP contribution in [0, 0.1) is 6.92 Å². The zero-order chi connectivity index (χ0) is 20.1. The SMILES string of the molecule is Cc1ccc(S(=O)(=O)N2CCN([C@H](C)C(=O)NC3CCCCCC3)CC2)cc1. The molecule has 0 aromatic heterocycles. The monoisotopic (exact) mass is 407 g/mol. The van der Waals surface area contributed by atoms with Crippen LogP contribution in [-0.2, 0) is 14.8 Å². The maximum absolute atomic E-state index is 12.8. The van der Waals surface area contributed by atoms with E-state index in [1.807, 2.05) is 26.0 Å². The van der Waals surface area contributed by atoms with Crippen LogP contribution in [0.25, 0.3) is 0 Å². The lowest BCUT2D eigenvalue weighted by molar-refractivity contribution is -0.127. The Morgan fingerprint density at radius 1 is 1.00 bits per heavy atom. The largest absolute Gasteiger partial charge is 0.352 e. The first-order valence-corrected chi connectivity index (χ1v) is 11.9. The van der Waals surface area contributed by atoms with Crippen LogP contribution in [0.4, 0.5) is 0 Å². The molecule has 2 fully saturated rings. The van der Waals surface area contributed by atoms with Gasteiger partial charge in [0.2, 0.25) is 15.9 Å². The molecule has 1 aromatic carbocycles. The maximum atomic E-state index is 12.8. The number of aryl methyl sites for hydroxylation is 1. The van der Waals surface area contributed by atoms with Gasteiger partial charge in [0.1, 0.15) is 0 Å². The van der Waals surface area contributed by atoms with E-state index in [0.717, 1.165) is 18.4 Å². The van der Waals surface area contributed by atoms with E-state index in [9.17, 15) is 13.2 Å². The summed E-state index contributed by atoms with van der Waals surface area (Å²) in [6, 6.07) is 7.04. The average Bonchev–Trinajstić information content (AvgIpc) is 2.96. The van der Waals surface area contributed by atoms with Gasteiger partial charge in [-0.05, 0) is 38.8 Å². The Bertz CT molecular complexity index is 748. The normalized spacial score (nSPS) is 21.8. The van der Waals surface area contributed by atoms with Crippen molar-refractivity contribution < 1.29 is 13.2 Å². The van der Waals surface area contributed by atoms with E-state index in [1.165, 1.54) is 30.0 Å². The second kappa shape index (κ2) is 9.37. The molecule has 1 saturated carbocycles. The van der Waals surface area contributed by atoms with E-state index in [-0.39, 0.29) is 11.9 Å². The highest BCUT2D eigenvalue weighted by molar-refractivity contribution is 7.89. The summed E-state index contributed by atoms with van der Waals surface area (Å²) in [5.74, 6) is 0.0711. The fourth-order valence-corrected chi connectivity index (χ4v) is 5.52. The molecule has 7 heteroatoms. The number of carbonyl (C=O) groups excluding carboxylic acids is 1. The lowest BCUT2D eigenvalue weighted by Crippen LogP contribution is -2.55. The molecule has 0 spiro atoms. The highest BCUT2D eigenvalue weighted by Gasteiger charge is 2.32. The predicted octanol–water partition coefficient (Wildman–Crippen LogP) is 2.53. The van der Waals surface area contributed by atoms with Gasteiger partial charge in [-0.1, -0.05) is 43.4 Å². The van der Waals surface area contributed by atoms with Crippen molar-refractivity contribution in [3.8, 4) is 0 Å². The lowest BCUT2D eigenvalue weighted by atomic mass is 10.1. The molecule has 2 aliphatic rings. The number of carbonyl (C=O) groups is 1. The van der Waals surface area contributed by atoms with E-state index in [1.54, 1.807) is 12.1 Å². The molecule has 1 amide bonds. The Morgan fingerprint density at radius 2 is 1.57 bits per heavy atom. The quantitative estimate of drug-likeness (QED) is 0.762. The number of nitrogens with zero attached hydrogens (tertiary/aromatic N) is 2. The number of piperazine rings is 1. The topological polar surface area (TPSA) is 69.7 Å². The highest BCUT2D eigenvalue weighted by Crippen LogP contribution is 2.20. The smallest absolute Gasteiger partial charge is 0.243 e. The molecular formula is C21H33N3O3S. The van der Waals surface area contributed by atoms with Gasteiger partial charge in [-0.3, -0.25) is 9.69 Å². The number of nitrogens with one attached hydrogen (secondary N) is 1.